The van der Waals surface area contributed by atoms with Crippen molar-refractivity contribution in [3.63, 3.8) is 0 Å². The van der Waals surface area contributed by atoms with Crippen molar-refractivity contribution in [2.24, 2.45) is 16.1 Å². The van der Waals surface area contributed by atoms with E-state index >= 15 is 0 Å². The molecule has 1 saturated heterocycles. The molecule has 0 aromatic carbocycles. The highest BCUT2D eigenvalue weighted by Gasteiger charge is 2.43. The zero-order chi connectivity index (χ0) is 8.55. The molecule has 0 aromatic heterocycles. The van der Waals surface area contributed by atoms with Crippen LogP contribution in [0, 0.1) is 5.92 Å². The lowest BCUT2D eigenvalue weighted by Gasteiger charge is -2.19. The molecule has 12 heavy (non-hydrogen) atoms. The zero-order valence-electron chi connectivity index (χ0n) is 7.18. The number of rotatable bonds is 2. The molecule has 0 radical (unpaired) electrons. The van der Waals surface area contributed by atoms with Crippen LogP contribution in [0.4, 0.5) is 0 Å². The molecule has 1 fully saturated rings. The van der Waals surface area contributed by atoms with Gasteiger partial charge in [0.1, 0.15) is 6.29 Å². The van der Waals surface area contributed by atoms with Gasteiger partial charge in [0.25, 0.3) is 0 Å². The van der Waals surface area contributed by atoms with Crippen molar-refractivity contribution in [1.82, 2.24) is 4.90 Å². The second-order valence-corrected chi connectivity index (χ2v) is 3.38. The summed E-state index contributed by atoms with van der Waals surface area (Å²) >= 11 is 0. The normalized spacial score (nSPS) is 40.2. The molecule has 0 aliphatic carbocycles. The van der Waals surface area contributed by atoms with Crippen molar-refractivity contribution in [2.45, 2.75) is 19.0 Å². The van der Waals surface area contributed by atoms with Gasteiger partial charge in [-0.15, -0.1) is 0 Å². The van der Waals surface area contributed by atoms with E-state index in [9.17, 15) is 4.79 Å². The minimum Gasteiger partial charge on any atom is -0.302 e. The Balaban J connectivity index is 2.14. The first-order chi connectivity index (χ1) is 5.86. The molecule has 4 heteroatoms. The summed E-state index contributed by atoms with van der Waals surface area (Å²) in [5.74, 6) is 0.363. The summed E-state index contributed by atoms with van der Waals surface area (Å²) in [5.41, 5.74) is 0. The standard InChI is InChI=1S/C8H13N3O/c1-2-11-4-7-6(3-9-10-7)8(11)5-12/h5-8H,2-4H2,1H3. The number of nitrogens with zero attached hydrogens (tertiary/aromatic N) is 3. The summed E-state index contributed by atoms with van der Waals surface area (Å²) in [6, 6.07) is 0.357. The van der Waals surface area contributed by atoms with Crippen molar-refractivity contribution < 1.29 is 4.79 Å². The lowest BCUT2D eigenvalue weighted by molar-refractivity contribution is -0.112. The van der Waals surface area contributed by atoms with E-state index in [0.717, 1.165) is 25.9 Å². The maximum atomic E-state index is 10.8. The molecule has 3 unspecified atom stereocenters. The molecule has 0 N–H and O–H groups in total. The fourth-order valence-corrected chi connectivity index (χ4v) is 2.12. The van der Waals surface area contributed by atoms with Crippen LogP contribution in [-0.2, 0) is 4.79 Å². The first-order valence-corrected chi connectivity index (χ1v) is 4.42. The van der Waals surface area contributed by atoms with Crippen LogP contribution < -0.4 is 0 Å². The van der Waals surface area contributed by atoms with Crippen LogP contribution in [0.15, 0.2) is 10.2 Å². The molecule has 66 valence electrons. The van der Waals surface area contributed by atoms with Gasteiger partial charge in [-0.1, -0.05) is 6.92 Å². The molecule has 0 bridgehead atoms. The zero-order valence-corrected chi connectivity index (χ0v) is 7.18. The molecule has 3 atom stereocenters. The summed E-state index contributed by atoms with van der Waals surface area (Å²) in [6.45, 7) is 4.67. The number of aldehydes is 1. The largest absolute Gasteiger partial charge is 0.302 e. The number of likely N-dealkylation sites (tertiary alicyclic amines) is 1. The van der Waals surface area contributed by atoms with Crippen molar-refractivity contribution >= 4 is 6.29 Å². The third kappa shape index (κ3) is 0.982. The van der Waals surface area contributed by atoms with Crippen LogP contribution in [0.1, 0.15) is 6.92 Å². The summed E-state index contributed by atoms with van der Waals surface area (Å²) < 4.78 is 0. The maximum absolute atomic E-state index is 10.8. The average molecular weight is 167 g/mol. The van der Waals surface area contributed by atoms with Crippen LogP contribution in [-0.4, -0.2) is 42.9 Å². The summed E-state index contributed by atoms with van der Waals surface area (Å²) in [4.78, 5) is 13.0. The van der Waals surface area contributed by atoms with E-state index in [2.05, 4.69) is 22.1 Å². The topological polar surface area (TPSA) is 45.0 Å². The third-order valence-corrected chi connectivity index (χ3v) is 2.84. The van der Waals surface area contributed by atoms with E-state index < -0.39 is 0 Å². The first kappa shape index (κ1) is 7.86. The van der Waals surface area contributed by atoms with E-state index in [1.165, 1.54) is 0 Å². The Hall–Kier alpha value is -0.770. The van der Waals surface area contributed by atoms with Gasteiger partial charge in [0.15, 0.2) is 0 Å². The van der Waals surface area contributed by atoms with Gasteiger partial charge >= 0.3 is 0 Å². The van der Waals surface area contributed by atoms with Gasteiger partial charge in [0.2, 0.25) is 0 Å². The molecular formula is C8H13N3O. The highest BCUT2D eigenvalue weighted by Crippen LogP contribution is 2.30. The molecule has 2 heterocycles. The monoisotopic (exact) mass is 167 g/mol. The van der Waals surface area contributed by atoms with Crippen LogP contribution in [0.25, 0.3) is 0 Å². The predicted octanol–water partition coefficient (Wildman–Crippen LogP) is 0.340. The Morgan fingerprint density at radius 2 is 2.50 bits per heavy atom. The Morgan fingerprint density at radius 3 is 3.17 bits per heavy atom. The number of carbonyl (C=O) groups excluding carboxylic acids is 1. The molecule has 4 nitrogen and oxygen atoms in total. The van der Waals surface area contributed by atoms with Gasteiger partial charge < -0.3 is 4.79 Å². The Morgan fingerprint density at radius 1 is 1.67 bits per heavy atom. The van der Waals surface area contributed by atoms with Gasteiger partial charge in [-0.2, -0.15) is 10.2 Å². The quantitative estimate of drug-likeness (QED) is 0.557. The van der Waals surface area contributed by atoms with Gasteiger partial charge in [0.05, 0.1) is 18.6 Å². The number of carbonyl (C=O) groups is 1. The second kappa shape index (κ2) is 2.94. The number of hydrogen-bond acceptors (Lipinski definition) is 4. The van der Waals surface area contributed by atoms with Crippen molar-refractivity contribution in [3.8, 4) is 0 Å². The lowest BCUT2D eigenvalue weighted by atomic mass is 9.99. The third-order valence-electron chi connectivity index (χ3n) is 2.84. The number of azo groups is 1. The van der Waals surface area contributed by atoms with E-state index in [4.69, 9.17) is 0 Å². The molecule has 0 saturated carbocycles. The second-order valence-electron chi connectivity index (χ2n) is 3.38. The van der Waals surface area contributed by atoms with Gasteiger partial charge in [-0.05, 0) is 6.54 Å². The first-order valence-electron chi connectivity index (χ1n) is 4.42. The van der Waals surface area contributed by atoms with E-state index in [-0.39, 0.29) is 6.04 Å². The van der Waals surface area contributed by atoms with Gasteiger partial charge in [-0.3, -0.25) is 4.90 Å². The maximum Gasteiger partial charge on any atom is 0.137 e. The predicted molar refractivity (Wildman–Crippen MR) is 44.1 cm³/mol. The number of hydrogen-bond donors (Lipinski definition) is 0. The summed E-state index contributed by atoms with van der Waals surface area (Å²) in [6.07, 6.45) is 1.05. The van der Waals surface area contributed by atoms with Crippen LogP contribution in [0.5, 0.6) is 0 Å². The molecular weight excluding hydrogens is 154 g/mol. The Bertz CT molecular complexity index is 216. The fraction of sp³-hybridized carbons (Fsp3) is 0.875. The molecule has 2 rings (SSSR count). The fourth-order valence-electron chi connectivity index (χ4n) is 2.12. The molecule has 2 aliphatic rings. The average Bonchev–Trinajstić information content (AvgIpc) is 2.61. The Labute approximate surface area is 71.7 Å². The van der Waals surface area contributed by atoms with E-state index in [0.29, 0.717) is 12.0 Å². The molecule has 0 spiro atoms. The minimum absolute atomic E-state index is 0.0648. The van der Waals surface area contributed by atoms with Crippen molar-refractivity contribution in [2.75, 3.05) is 19.6 Å². The summed E-state index contributed by atoms with van der Waals surface area (Å²) in [5, 5.41) is 8.09. The SMILES string of the molecule is CCN1CC2N=NCC2C1C=O. The smallest absolute Gasteiger partial charge is 0.137 e. The number of fused-ring (bicyclic) bond motifs is 1. The summed E-state index contributed by atoms with van der Waals surface area (Å²) in [7, 11) is 0. The van der Waals surface area contributed by atoms with Crippen LogP contribution in [0.3, 0.4) is 0 Å². The van der Waals surface area contributed by atoms with Crippen molar-refractivity contribution in [3.05, 3.63) is 0 Å². The molecule has 0 amide bonds. The highest BCUT2D eigenvalue weighted by atomic mass is 16.1. The van der Waals surface area contributed by atoms with Crippen LogP contribution >= 0.6 is 0 Å². The molecule has 0 aromatic rings. The van der Waals surface area contributed by atoms with Gasteiger partial charge in [0, 0.05) is 12.5 Å². The minimum atomic E-state index is 0.0648. The Kier molecular flexibility index (Phi) is 1.92. The van der Waals surface area contributed by atoms with E-state index in [1.54, 1.807) is 0 Å². The van der Waals surface area contributed by atoms with Crippen molar-refractivity contribution in [1.29, 1.82) is 0 Å². The highest BCUT2D eigenvalue weighted by molar-refractivity contribution is 5.59. The van der Waals surface area contributed by atoms with Gasteiger partial charge in [-0.25, -0.2) is 0 Å². The van der Waals surface area contributed by atoms with E-state index in [1.807, 2.05) is 0 Å². The molecule has 2 aliphatic heterocycles. The number of likely N-dealkylation sites (N-methyl/N-ethyl adjacent to an activating group) is 1. The lowest BCUT2D eigenvalue weighted by Crippen LogP contribution is -2.34. The van der Waals surface area contributed by atoms with Crippen LogP contribution in [0.2, 0.25) is 0 Å².